The molecule has 29 heavy (non-hydrogen) atoms. The van der Waals surface area contributed by atoms with Crippen LogP contribution in [-0.4, -0.2) is 39.7 Å². The molecular weight excluding hydrogens is 416 g/mol. The van der Waals surface area contributed by atoms with Gasteiger partial charge >= 0.3 is 0 Å². The van der Waals surface area contributed by atoms with Crippen LogP contribution in [0.5, 0.6) is 0 Å². The molecule has 154 valence electrons. The van der Waals surface area contributed by atoms with E-state index in [1.54, 1.807) is 11.6 Å². The van der Waals surface area contributed by atoms with Gasteiger partial charge < -0.3 is 10.2 Å². The molecule has 0 unspecified atom stereocenters. The summed E-state index contributed by atoms with van der Waals surface area (Å²) in [7, 11) is 0. The second-order valence-electron chi connectivity index (χ2n) is 7.00. The Morgan fingerprint density at radius 1 is 1.31 bits per heavy atom. The van der Waals surface area contributed by atoms with Gasteiger partial charge in [0.1, 0.15) is 6.54 Å². The van der Waals surface area contributed by atoms with Gasteiger partial charge in [0.25, 0.3) is 11.6 Å². The Hall–Kier alpha value is -2.52. The van der Waals surface area contributed by atoms with E-state index < -0.39 is 10.8 Å². The van der Waals surface area contributed by atoms with Gasteiger partial charge in [0.2, 0.25) is 5.91 Å². The summed E-state index contributed by atoms with van der Waals surface area (Å²) < 4.78 is 0. The molecule has 0 spiro atoms. The topological polar surface area (TPSA) is 105 Å². The molecule has 1 saturated carbocycles. The highest BCUT2D eigenvalue weighted by atomic mass is 35.5. The third-order valence-corrected chi connectivity index (χ3v) is 5.90. The van der Waals surface area contributed by atoms with Gasteiger partial charge in [0, 0.05) is 30.3 Å². The van der Waals surface area contributed by atoms with Gasteiger partial charge in [-0.25, -0.2) is 4.98 Å². The minimum absolute atomic E-state index is 0.00169. The fourth-order valence-corrected chi connectivity index (χ4v) is 4.28. The van der Waals surface area contributed by atoms with Crippen LogP contribution in [0.15, 0.2) is 29.8 Å². The van der Waals surface area contributed by atoms with Crippen molar-refractivity contribution >= 4 is 45.6 Å². The number of hydrogen-bond acceptors (Lipinski definition) is 6. The molecule has 1 N–H and O–H groups in total. The number of nitrogens with zero attached hydrogens (tertiary/aromatic N) is 3. The molecule has 1 aliphatic carbocycles. The predicted molar refractivity (Wildman–Crippen MR) is 111 cm³/mol. The largest absolute Gasteiger partial charge is 0.329 e. The summed E-state index contributed by atoms with van der Waals surface area (Å²) in [5.74, 6) is -0.441. The highest BCUT2D eigenvalue weighted by Gasteiger charge is 2.26. The number of nitrogens with one attached hydrogen (secondary N) is 1. The lowest BCUT2D eigenvalue weighted by atomic mass is 9.89. The zero-order chi connectivity index (χ0) is 20.8. The summed E-state index contributed by atoms with van der Waals surface area (Å²) in [6.07, 6.45) is 7.00. The fraction of sp³-hybridized carbons (Fsp3) is 0.421. The molecule has 1 aliphatic rings. The number of carbonyl (C=O) groups excluding carboxylic acids is 2. The van der Waals surface area contributed by atoms with Gasteiger partial charge in [-0.1, -0.05) is 30.9 Å². The molecule has 1 aromatic heterocycles. The third kappa shape index (κ3) is 5.74. The Morgan fingerprint density at radius 3 is 2.69 bits per heavy atom. The zero-order valence-corrected chi connectivity index (χ0v) is 17.2. The van der Waals surface area contributed by atoms with E-state index in [0.717, 1.165) is 31.7 Å². The first kappa shape index (κ1) is 21.2. The number of aromatic nitrogens is 1. The maximum absolute atomic E-state index is 13.1. The van der Waals surface area contributed by atoms with Crippen LogP contribution in [0.25, 0.3) is 0 Å². The van der Waals surface area contributed by atoms with Crippen molar-refractivity contribution in [3.05, 3.63) is 50.5 Å². The average molecular weight is 437 g/mol. The SMILES string of the molecule is O=C(CN(CC1CCCCC1)C(=O)c1ccc([N+](=O)[O-])cc1Cl)Nc1nccs1. The predicted octanol–water partition coefficient (Wildman–Crippen LogP) is 4.37. The monoisotopic (exact) mass is 436 g/mol. The number of halogens is 1. The van der Waals surface area contributed by atoms with E-state index in [4.69, 9.17) is 11.6 Å². The molecule has 0 aliphatic heterocycles. The van der Waals surface area contributed by atoms with Crippen LogP contribution in [0.2, 0.25) is 5.02 Å². The first-order valence-electron chi connectivity index (χ1n) is 9.36. The van der Waals surface area contributed by atoms with E-state index in [2.05, 4.69) is 10.3 Å². The maximum Gasteiger partial charge on any atom is 0.270 e. The number of rotatable bonds is 7. The summed E-state index contributed by atoms with van der Waals surface area (Å²) in [5.41, 5.74) is -0.0398. The highest BCUT2D eigenvalue weighted by Crippen LogP contribution is 2.27. The number of nitro benzene ring substituents is 1. The number of nitro groups is 1. The third-order valence-electron chi connectivity index (χ3n) is 4.90. The first-order chi connectivity index (χ1) is 13.9. The van der Waals surface area contributed by atoms with Crippen molar-refractivity contribution in [2.24, 2.45) is 5.92 Å². The lowest BCUT2D eigenvalue weighted by Crippen LogP contribution is -2.41. The molecule has 8 nitrogen and oxygen atoms in total. The van der Waals surface area contributed by atoms with E-state index in [0.29, 0.717) is 17.6 Å². The lowest BCUT2D eigenvalue weighted by Gasteiger charge is -2.29. The molecular formula is C19H21ClN4O4S. The average Bonchev–Trinajstić information content (AvgIpc) is 3.20. The molecule has 1 fully saturated rings. The first-order valence-corrected chi connectivity index (χ1v) is 10.6. The minimum Gasteiger partial charge on any atom is -0.329 e. The summed E-state index contributed by atoms with van der Waals surface area (Å²) >= 11 is 7.44. The molecule has 0 bridgehead atoms. The number of non-ortho nitro benzene ring substituents is 1. The Labute approximate surface area is 177 Å². The molecule has 3 rings (SSSR count). The van der Waals surface area contributed by atoms with E-state index in [1.807, 2.05) is 0 Å². The normalized spacial score (nSPS) is 14.4. The highest BCUT2D eigenvalue weighted by molar-refractivity contribution is 7.13. The molecule has 0 atom stereocenters. The Bertz CT molecular complexity index is 884. The van der Waals surface area contributed by atoms with Gasteiger partial charge in [-0.15, -0.1) is 11.3 Å². The Kier molecular flexibility index (Phi) is 7.16. The van der Waals surface area contributed by atoms with Crippen molar-refractivity contribution in [1.82, 2.24) is 9.88 Å². The molecule has 2 aromatic rings. The second kappa shape index (κ2) is 9.80. The quantitative estimate of drug-likeness (QED) is 0.512. The molecule has 0 saturated heterocycles. The van der Waals surface area contributed by atoms with E-state index in [9.17, 15) is 19.7 Å². The number of hydrogen-bond donors (Lipinski definition) is 1. The van der Waals surface area contributed by atoms with Gasteiger partial charge in [-0.2, -0.15) is 0 Å². The van der Waals surface area contributed by atoms with Crippen LogP contribution in [0.4, 0.5) is 10.8 Å². The van der Waals surface area contributed by atoms with E-state index in [1.165, 1.54) is 34.8 Å². The molecule has 0 radical (unpaired) electrons. The number of thiazole rings is 1. The van der Waals surface area contributed by atoms with Crippen LogP contribution in [0.1, 0.15) is 42.5 Å². The molecule has 1 aromatic carbocycles. The fourth-order valence-electron chi connectivity index (χ4n) is 3.48. The van der Waals surface area contributed by atoms with Crippen molar-refractivity contribution in [2.45, 2.75) is 32.1 Å². The lowest BCUT2D eigenvalue weighted by molar-refractivity contribution is -0.384. The van der Waals surface area contributed by atoms with E-state index in [-0.39, 0.29) is 28.7 Å². The Balaban J connectivity index is 1.78. The van der Waals surface area contributed by atoms with Gasteiger partial charge in [0.15, 0.2) is 5.13 Å². The van der Waals surface area contributed by atoms with Crippen LogP contribution >= 0.6 is 22.9 Å². The number of carbonyl (C=O) groups is 2. The standard InChI is InChI=1S/C19H21ClN4O4S/c20-16-10-14(24(27)28)6-7-15(16)18(26)23(11-13-4-2-1-3-5-13)12-17(25)22-19-21-8-9-29-19/h6-10,13H,1-5,11-12H2,(H,21,22,25). The van der Waals surface area contributed by atoms with E-state index >= 15 is 0 Å². The summed E-state index contributed by atoms with van der Waals surface area (Å²) in [4.78, 5) is 41.5. The van der Waals surface area contributed by atoms with Crippen molar-refractivity contribution in [2.75, 3.05) is 18.4 Å². The van der Waals surface area contributed by atoms with Crippen LogP contribution in [-0.2, 0) is 4.79 Å². The second-order valence-corrected chi connectivity index (χ2v) is 8.30. The molecule has 1 heterocycles. The smallest absolute Gasteiger partial charge is 0.270 e. The van der Waals surface area contributed by atoms with Crippen LogP contribution < -0.4 is 5.32 Å². The van der Waals surface area contributed by atoms with Crippen molar-refractivity contribution in [1.29, 1.82) is 0 Å². The summed E-state index contributed by atoms with van der Waals surface area (Å²) in [6.45, 7) is 0.305. The summed E-state index contributed by atoms with van der Waals surface area (Å²) in [5, 5.41) is 15.8. The minimum atomic E-state index is -0.568. The van der Waals surface area contributed by atoms with Crippen LogP contribution in [0, 0.1) is 16.0 Å². The van der Waals surface area contributed by atoms with Gasteiger partial charge in [-0.05, 0) is 24.8 Å². The maximum atomic E-state index is 13.1. The molecule has 10 heteroatoms. The number of anilines is 1. The van der Waals surface area contributed by atoms with Gasteiger partial charge in [-0.3, -0.25) is 19.7 Å². The van der Waals surface area contributed by atoms with Gasteiger partial charge in [0.05, 0.1) is 15.5 Å². The van der Waals surface area contributed by atoms with Crippen molar-refractivity contribution < 1.29 is 14.5 Å². The van der Waals surface area contributed by atoms with Crippen molar-refractivity contribution in [3.8, 4) is 0 Å². The number of benzene rings is 1. The molecule has 2 amide bonds. The van der Waals surface area contributed by atoms with Crippen molar-refractivity contribution in [3.63, 3.8) is 0 Å². The summed E-state index contributed by atoms with van der Waals surface area (Å²) in [6, 6.07) is 3.74. The Morgan fingerprint density at radius 2 is 2.07 bits per heavy atom. The van der Waals surface area contributed by atoms with Crippen LogP contribution in [0.3, 0.4) is 0 Å². The number of amides is 2. The zero-order valence-electron chi connectivity index (χ0n) is 15.7.